The average Bonchev–Trinajstić information content (AvgIpc) is 3.34. The van der Waals surface area contributed by atoms with Crippen molar-refractivity contribution in [3.05, 3.63) is 27.7 Å². The van der Waals surface area contributed by atoms with Gasteiger partial charge in [0.25, 0.3) is 5.56 Å². The summed E-state index contributed by atoms with van der Waals surface area (Å²) in [6, 6.07) is 1.96. The van der Waals surface area contributed by atoms with Crippen LogP contribution >= 0.6 is 11.5 Å². The van der Waals surface area contributed by atoms with E-state index in [1.165, 1.54) is 11.5 Å². The molecular formula is C17H22N4O2S. The second kappa shape index (κ2) is 5.97. The largest absolute Gasteiger partial charge is 0.340 e. The molecule has 1 saturated heterocycles. The Labute approximate surface area is 144 Å². The standard InChI is InChI=1S/C17H22N4O2S/c1-11-9-12(2)18-15-14(11)17(23)21(24-15)10-19-5-7-20(8-6-19)16(22)13-3-4-13/h9,13H,3-8,10H2,1-2H3. The number of rotatable bonds is 3. The van der Waals surface area contributed by atoms with Gasteiger partial charge in [-0.15, -0.1) is 0 Å². The fraction of sp³-hybridized carbons (Fsp3) is 0.588. The van der Waals surface area contributed by atoms with Gasteiger partial charge in [-0.1, -0.05) is 0 Å². The number of hydrogen-bond donors (Lipinski definition) is 0. The number of pyridine rings is 1. The number of aryl methyl sites for hydroxylation is 2. The minimum atomic E-state index is 0.0523. The van der Waals surface area contributed by atoms with E-state index in [4.69, 9.17) is 0 Å². The van der Waals surface area contributed by atoms with E-state index >= 15 is 0 Å². The molecule has 1 aliphatic heterocycles. The molecule has 4 rings (SSSR count). The second-order valence-corrected chi connectivity index (χ2v) is 7.90. The Hall–Kier alpha value is -1.73. The van der Waals surface area contributed by atoms with Crippen molar-refractivity contribution in [1.82, 2.24) is 18.7 Å². The van der Waals surface area contributed by atoms with Crippen molar-refractivity contribution in [1.29, 1.82) is 0 Å². The smallest absolute Gasteiger partial charge is 0.271 e. The number of carbonyl (C=O) groups excluding carboxylic acids is 1. The van der Waals surface area contributed by atoms with Crippen LogP contribution in [0.2, 0.25) is 0 Å². The Morgan fingerprint density at radius 2 is 1.96 bits per heavy atom. The van der Waals surface area contributed by atoms with Crippen molar-refractivity contribution in [3.63, 3.8) is 0 Å². The van der Waals surface area contributed by atoms with Crippen LogP contribution in [-0.2, 0) is 11.5 Å². The summed E-state index contributed by atoms with van der Waals surface area (Å²) in [5.41, 5.74) is 1.99. The molecule has 1 amide bonds. The number of aromatic nitrogens is 2. The van der Waals surface area contributed by atoms with Gasteiger partial charge < -0.3 is 4.90 Å². The first kappa shape index (κ1) is 15.8. The number of carbonyl (C=O) groups is 1. The highest BCUT2D eigenvalue weighted by molar-refractivity contribution is 7.13. The van der Waals surface area contributed by atoms with Crippen LogP contribution in [0.4, 0.5) is 0 Å². The van der Waals surface area contributed by atoms with E-state index in [-0.39, 0.29) is 5.56 Å². The first-order valence-electron chi connectivity index (χ1n) is 8.52. The quantitative estimate of drug-likeness (QED) is 0.847. The Balaban J connectivity index is 1.47. The van der Waals surface area contributed by atoms with Crippen LogP contribution in [0.5, 0.6) is 0 Å². The average molecular weight is 346 g/mol. The topological polar surface area (TPSA) is 58.4 Å². The van der Waals surface area contributed by atoms with Crippen LogP contribution in [-0.4, -0.2) is 50.8 Å². The highest BCUT2D eigenvalue weighted by atomic mass is 32.1. The number of fused-ring (bicyclic) bond motifs is 1. The maximum atomic E-state index is 12.6. The molecule has 0 aromatic carbocycles. The van der Waals surface area contributed by atoms with E-state index in [0.29, 0.717) is 18.5 Å². The molecule has 0 radical (unpaired) electrons. The van der Waals surface area contributed by atoms with Crippen molar-refractivity contribution < 1.29 is 4.79 Å². The Morgan fingerprint density at radius 1 is 1.25 bits per heavy atom. The predicted molar refractivity (Wildman–Crippen MR) is 94.2 cm³/mol. The maximum Gasteiger partial charge on any atom is 0.271 e. The second-order valence-electron chi connectivity index (χ2n) is 6.89. The molecule has 0 atom stereocenters. The molecule has 2 aliphatic rings. The molecule has 24 heavy (non-hydrogen) atoms. The van der Waals surface area contributed by atoms with E-state index in [1.54, 1.807) is 3.96 Å². The molecule has 0 spiro atoms. The van der Waals surface area contributed by atoms with Gasteiger partial charge in [0.1, 0.15) is 4.83 Å². The number of hydrogen-bond acceptors (Lipinski definition) is 5. The Kier molecular flexibility index (Phi) is 3.92. The zero-order valence-corrected chi connectivity index (χ0v) is 14.9. The van der Waals surface area contributed by atoms with Crippen molar-refractivity contribution in [3.8, 4) is 0 Å². The molecule has 3 heterocycles. The zero-order valence-electron chi connectivity index (χ0n) is 14.1. The molecule has 1 aliphatic carbocycles. The van der Waals surface area contributed by atoms with E-state index in [0.717, 1.165) is 60.5 Å². The summed E-state index contributed by atoms with van der Waals surface area (Å²) in [6.45, 7) is 7.70. The summed E-state index contributed by atoms with van der Waals surface area (Å²) in [6.07, 6.45) is 2.12. The van der Waals surface area contributed by atoms with E-state index in [2.05, 4.69) is 9.88 Å². The highest BCUT2D eigenvalue weighted by Gasteiger charge is 2.34. The van der Waals surface area contributed by atoms with Gasteiger partial charge in [0.05, 0.1) is 12.1 Å². The van der Waals surface area contributed by atoms with Crippen LogP contribution in [0.15, 0.2) is 10.9 Å². The maximum absolute atomic E-state index is 12.6. The number of piperazine rings is 1. The third-order valence-corrected chi connectivity index (χ3v) is 5.86. The van der Waals surface area contributed by atoms with Gasteiger partial charge in [0.2, 0.25) is 5.91 Å². The molecule has 1 saturated carbocycles. The molecule has 2 aromatic heterocycles. The van der Waals surface area contributed by atoms with Gasteiger partial charge in [-0.25, -0.2) is 8.94 Å². The summed E-state index contributed by atoms with van der Waals surface area (Å²) >= 11 is 1.44. The SMILES string of the molecule is Cc1cc(C)c2c(=O)n(CN3CCN(C(=O)C4CC4)CC3)sc2n1. The van der Waals surface area contributed by atoms with Crippen molar-refractivity contribution >= 4 is 27.7 Å². The Morgan fingerprint density at radius 3 is 2.62 bits per heavy atom. The molecule has 2 fully saturated rings. The highest BCUT2D eigenvalue weighted by Crippen LogP contribution is 2.31. The van der Waals surface area contributed by atoms with Gasteiger partial charge >= 0.3 is 0 Å². The zero-order chi connectivity index (χ0) is 16.8. The van der Waals surface area contributed by atoms with Crippen LogP contribution < -0.4 is 5.56 Å². The third-order valence-electron chi connectivity index (χ3n) is 4.89. The van der Waals surface area contributed by atoms with Crippen molar-refractivity contribution in [2.45, 2.75) is 33.4 Å². The minimum absolute atomic E-state index is 0.0523. The van der Waals surface area contributed by atoms with Gasteiger partial charge in [0.15, 0.2) is 0 Å². The van der Waals surface area contributed by atoms with Gasteiger partial charge in [-0.3, -0.25) is 14.5 Å². The van der Waals surface area contributed by atoms with Gasteiger partial charge in [-0.05, 0) is 49.9 Å². The molecule has 6 nitrogen and oxygen atoms in total. The lowest BCUT2D eigenvalue weighted by Crippen LogP contribution is -2.49. The molecule has 128 valence electrons. The lowest BCUT2D eigenvalue weighted by atomic mass is 10.2. The monoisotopic (exact) mass is 346 g/mol. The molecular weight excluding hydrogens is 324 g/mol. The van der Waals surface area contributed by atoms with E-state index < -0.39 is 0 Å². The summed E-state index contributed by atoms with van der Waals surface area (Å²) in [7, 11) is 0. The first-order chi connectivity index (χ1) is 11.5. The summed E-state index contributed by atoms with van der Waals surface area (Å²) in [4.78, 5) is 34.3. The minimum Gasteiger partial charge on any atom is -0.340 e. The van der Waals surface area contributed by atoms with E-state index in [1.807, 2.05) is 24.8 Å². The lowest BCUT2D eigenvalue weighted by Gasteiger charge is -2.34. The first-order valence-corrected chi connectivity index (χ1v) is 9.29. The number of amides is 1. The summed E-state index contributed by atoms with van der Waals surface area (Å²) in [5, 5.41) is 0.744. The fourth-order valence-corrected chi connectivity index (χ4v) is 4.50. The summed E-state index contributed by atoms with van der Waals surface area (Å²) in [5.74, 6) is 0.614. The molecule has 7 heteroatoms. The van der Waals surface area contributed by atoms with Crippen molar-refractivity contribution in [2.75, 3.05) is 26.2 Å². The molecule has 2 aromatic rings. The lowest BCUT2D eigenvalue weighted by molar-refractivity contribution is -0.134. The molecule has 0 unspecified atom stereocenters. The van der Waals surface area contributed by atoms with Crippen molar-refractivity contribution in [2.24, 2.45) is 5.92 Å². The van der Waals surface area contributed by atoms with Crippen LogP contribution in [0.25, 0.3) is 10.2 Å². The number of nitrogens with zero attached hydrogens (tertiary/aromatic N) is 4. The van der Waals surface area contributed by atoms with Crippen LogP contribution in [0.3, 0.4) is 0 Å². The fourth-order valence-electron chi connectivity index (χ4n) is 3.37. The summed E-state index contributed by atoms with van der Waals surface area (Å²) < 4.78 is 1.79. The van der Waals surface area contributed by atoms with Gasteiger partial charge in [-0.2, -0.15) is 0 Å². The normalized spacial score (nSPS) is 19.2. The molecule has 0 bridgehead atoms. The van der Waals surface area contributed by atoms with Crippen LogP contribution in [0.1, 0.15) is 24.1 Å². The van der Waals surface area contributed by atoms with Crippen LogP contribution in [0, 0.1) is 19.8 Å². The third kappa shape index (κ3) is 2.86. The predicted octanol–water partition coefficient (Wildman–Crippen LogP) is 1.59. The van der Waals surface area contributed by atoms with E-state index in [9.17, 15) is 9.59 Å². The van der Waals surface area contributed by atoms with Gasteiger partial charge in [0, 0.05) is 37.8 Å². The Bertz CT molecular complexity index is 844. The molecule has 0 N–H and O–H groups in total.